The van der Waals surface area contributed by atoms with Gasteiger partial charge in [-0.05, 0) is 49.7 Å². The third-order valence-electron chi connectivity index (χ3n) is 5.21. The zero-order valence-electron chi connectivity index (χ0n) is 15.7. The van der Waals surface area contributed by atoms with Crippen LogP contribution in [-0.2, 0) is 6.54 Å². The van der Waals surface area contributed by atoms with E-state index in [0.29, 0.717) is 11.9 Å². The number of aromatic nitrogens is 1. The number of hydrogen-bond donors (Lipinski definition) is 2. The number of nitrogens with zero attached hydrogens (tertiary/aromatic N) is 2. The van der Waals surface area contributed by atoms with Gasteiger partial charge in [0.05, 0.1) is 0 Å². The highest BCUT2D eigenvalue weighted by Crippen LogP contribution is 2.26. The average molecular weight is 362 g/mol. The Balaban J connectivity index is 1.39. The first-order valence-electron chi connectivity index (χ1n) is 9.50. The van der Waals surface area contributed by atoms with Gasteiger partial charge in [0.2, 0.25) is 0 Å². The Morgan fingerprint density at radius 3 is 2.63 bits per heavy atom. The molecule has 0 radical (unpaired) electrons. The number of ether oxygens (including phenoxy) is 1. The number of piperidine rings is 1. The van der Waals surface area contributed by atoms with E-state index in [1.165, 1.54) is 5.56 Å². The quantitative estimate of drug-likeness (QED) is 0.721. The number of anilines is 2. The summed E-state index contributed by atoms with van der Waals surface area (Å²) in [5.74, 6) is 1.52. The summed E-state index contributed by atoms with van der Waals surface area (Å²) in [5.41, 5.74) is 8.25. The van der Waals surface area contributed by atoms with Gasteiger partial charge >= 0.3 is 0 Å². The first kappa shape index (κ1) is 17.6. The van der Waals surface area contributed by atoms with Crippen LogP contribution in [0.25, 0.3) is 10.8 Å². The van der Waals surface area contributed by atoms with E-state index in [0.717, 1.165) is 54.7 Å². The lowest BCUT2D eigenvalue weighted by molar-refractivity contribution is 0.114. The lowest BCUT2D eigenvalue weighted by Gasteiger charge is -2.29. The third kappa shape index (κ3) is 4.14. The number of hydrogen-bond acceptors (Lipinski definition) is 5. The lowest BCUT2D eigenvalue weighted by Crippen LogP contribution is -2.35. The Labute approximate surface area is 160 Å². The van der Waals surface area contributed by atoms with Crippen LogP contribution in [0.3, 0.4) is 0 Å². The van der Waals surface area contributed by atoms with Gasteiger partial charge in [-0.2, -0.15) is 0 Å². The fraction of sp³-hybridized carbons (Fsp3) is 0.318. The van der Waals surface area contributed by atoms with Gasteiger partial charge in [0.15, 0.2) is 0 Å². The molecule has 0 unspecified atom stereocenters. The molecular formula is C22H26N4O. The van der Waals surface area contributed by atoms with E-state index in [1.807, 2.05) is 18.2 Å². The second-order valence-electron chi connectivity index (χ2n) is 7.21. The predicted octanol–water partition coefficient (Wildman–Crippen LogP) is 3.90. The molecule has 1 aliphatic rings. The number of likely N-dealkylation sites (tertiary alicyclic amines) is 1. The van der Waals surface area contributed by atoms with Crippen molar-refractivity contribution in [3.8, 4) is 5.75 Å². The van der Waals surface area contributed by atoms with Gasteiger partial charge in [0.1, 0.15) is 17.7 Å². The first-order valence-corrected chi connectivity index (χ1v) is 9.50. The van der Waals surface area contributed by atoms with Crippen LogP contribution in [0.4, 0.5) is 11.5 Å². The molecule has 2 heterocycles. The Kier molecular flexibility index (Phi) is 5.12. The molecule has 1 fully saturated rings. The monoisotopic (exact) mass is 362 g/mol. The van der Waals surface area contributed by atoms with E-state index in [4.69, 9.17) is 10.5 Å². The van der Waals surface area contributed by atoms with Gasteiger partial charge < -0.3 is 20.7 Å². The summed E-state index contributed by atoms with van der Waals surface area (Å²) >= 11 is 0. The molecule has 1 aliphatic heterocycles. The number of nitrogen functional groups attached to an aromatic ring is 1. The van der Waals surface area contributed by atoms with Gasteiger partial charge in [-0.15, -0.1) is 0 Å². The van der Waals surface area contributed by atoms with E-state index in [9.17, 15) is 0 Å². The van der Waals surface area contributed by atoms with Gasteiger partial charge in [-0.25, -0.2) is 4.98 Å². The molecule has 1 aromatic heterocycles. The highest BCUT2D eigenvalue weighted by atomic mass is 16.5. The van der Waals surface area contributed by atoms with Crippen molar-refractivity contribution in [2.45, 2.75) is 25.5 Å². The van der Waals surface area contributed by atoms with Gasteiger partial charge in [-0.1, -0.05) is 24.3 Å². The summed E-state index contributed by atoms with van der Waals surface area (Å²) < 4.78 is 6.12. The minimum Gasteiger partial charge on any atom is -0.490 e. The summed E-state index contributed by atoms with van der Waals surface area (Å²) in [4.78, 5) is 6.51. The smallest absolute Gasteiger partial charge is 0.131 e. The van der Waals surface area contributed by atoms with E-state index in [1.54, 1.807) is 6.20 Å². The predicted molar refractivity (Wildman–Crippen MR) is 111 cm³/mol. The maximum atomic E-state index is 6.12. The molecule has 0 saturated carbocycles. The molecular weight excluding hydrogens is 336 g/mol. The van der Waals surface area contributed by atoms with Crippen LogP contribution in [0.1, 0.15) is 18.4 Å². The van der Waals surface area contributed by atoms with E-state index >= 15 is 0 Å². The van der Waals surface area contributed by atoms with E-state index in [-0.39, 0.29) is 0 Å². The minimum absolute atomic E-state index is 0.333. The van der Waals surface area contributed by atoms with Crippen LogP contribution in [0.5, 0.6) is 5.75 Å². The topological polar surface area (TPSA) is 63.4 Å². The number of rotatable bonds is 5. The summed E-state index contributed by atoms with van der Waals surface area (Å²) in [7, 11) is 2.17. The minimum atomic E-state index is 0.333. The van der Waals surface area contributed by atoms with Crippen molar-refractivity contribution in [2.75, 3.05) is 31.2 Å². The highest BCUT2D eigenvalue weighted by molar-refractivity contribution is 5.99. The average Bonchev–Trinajstić information content (AvgIpc) is 2.70. The van der Waals surface area contributed by atoms with Crippen LogP contribution >= 0.6 is 0 Å². The lowest BCUT2D eigenvalue weighted by atomic mass is 10.1. The van der Waals surface area contributed by atoms with Crippen molar-refractivity contribution in [1.82, 2.24) is 9.88 Å². The van der Waals surface area contributed by atoms with Crippen LogP contribution in [0, 0.1) is 0 Å². The molecule has 2 aromatic carbocycles. The summed E-state index contributed by atoms with van der Waals surface area (Å²) in [6, 6.07) is 16.4. The molecule has 0 spiro atoms. The van der Waals surface area contributed by atoms with Crippen LogP contribution in [-0.4, -0.2) is 36.1 Å². The summed E-state index contributed by atoms with van der Waals surface area (Å²) in [6.07, 6.45) is 4.27. The second-order valence-corrected chi connectivity index (χ2v) is 7.21. The van der Waals surface area contributed by atoms with E-state index in [2.05, 4.69) is 52.6 Å². The molecule has 3 N–H and O–H groups in total. The third-order valence-corrected chi connectivity index (χ3v) is 5.21. The zero-order valence-corrected chi connectivity index (χ0v) is 15.7. The maximum Gasteiger partial charge on any atom is 0.131 e. The fourth-order valence-electron chi connectivity index (χ4n) is 3.56. The fourth-order valence-corrected chi connectivity index (χ4v) is 3.56. The Hall–Kier alpha value is -2.79. The van der Waals surface area contributed by atoms with Crippen LogP contribution in [0.2, 0.25) is 0 Å². The molecule has 3 aromatic rings. The standard InChI is InChI=1S/C22H26N4O/c1-26-13-10-18(11-14-26)27-17-7-5-16(6-8-17)15-25-21-4-2-3-20-19(21)9-12-24-22(20)23/h2-9,12,18,25H,10-11,13-15H2,1H3,(H2,23,24). The van der Waals surface area contributed by atoms with E-state index < -0.39 is 0 Å². The summed E-state index contributed by atoms with van der Waals surface area (Å²) in [6.45, 7) is 2.96. The number of benzene rings is 2. The largest absolute Gasteiger partial charge is 0.490 e. The molecule has 0 atom stereocenters. The van der Waals surface area contributed by atoms with Crippen molar-refractivity contribution in [1.29, 1.82) is 0 Å². The summed E-state index contributed by atoms with van der Waals surface area (Å²) in [5, 5.41) is 5.57. The normalized spacial score (nSPS) is 15.7. The van der Waals surface area contributed by atoms with Crippen molar-refractivity contribution >= 4 is 22.3 Å². The van der Waals surface area contributed by atoms with Gasteiger partial charge in [0, 0.05) is 42.3 Å². The number of nitrogens with two attached hydrogens (primary N) is 1. The van der Waals surface area contributed by atoms with Crippen molar-refractivity contribution in [2.24, 2.45) is 0 Å². The Bertz CT molecular complexity index is 902. The molecule has 140 valence electrons. The van der Waals surface area contributed by atoms with Gasteiger partial charge in [-0.3, -0.25) is 0 Å². The van der Waals surface area contributed by atoms with Crippen LogP contribution in [0.15, 0.2) is 54.7 Å². The Morgan fingerprint density at radius 2 is 1.85 bits per heavy atom. The molecule has 4 rings (SSSR count). The van der Waals surface area contributed by atoms with Crippen molar-refractivity contribution < 1.29 is 4.74 Å². The molecule has 1 saturated heterocycles. The first-order chi connectivity index (χ1) is 13.2. The maximum absolute atomic E-state index is 6.12. The van der Waals surface area contributed by atoms with Crippen molar-refractivity contribution in [3.63, 3.8) is 0 Å². The number of pyridine rings is 1. The van der Waals surface area contributed by atoms with Gasteiger partial charge in [0.25, 0.3) is 0 Å². The highest BCUT2D eigenvalue weighted by Gasteiger charge is 2.17. The molecule has 0 bridgehead atoms. The molecule has 0 amide bonds. The van der Waals surface area contributed by atoms with Crippen LogP contribution < -0.4 is 15.8 Å². The Morgan fingerprint density at radius 1 is 1.07 bits per heavy atom. The molecule has 27 heavy (non-hydrogen) atoms. The van der Waals surface area contributed by atoms with Crippen molar-refractivity contribution in [3.05, 3.63) is 60.3 Å². The second kappa shape index (κ2) is 7.84. The SMILES string of the molecule is CN1CCC(Oc2ccc(CNc3cccc4c(N)nccc34)cc2)CC1. The molecule has 5 nitrogen and oxygen atoms in total. The molecule has 5 heteroatoms. The zero-order chi connectivity index (χ0) is 18.6. The molecule has 0 aliphatic carbocycles. The number of fused-ring (bicyclic) bond motifs is 1. The number of nitrogens with one attached hydrogen (secondary N) is 1.